The number of amides is 1. The lowest BCUT2D eigenvalue weighted by molar-refractivity contribution is 0.0916. The van der Waals surface area contributed by atoms with E-state index in [0.717, 1.165) is 10.0 Å². The molecule has 2 aromatic rings. The summed E-state index contributed by atoms with van der Waals surface area (Å²) >= 11 is 4.84. The minimum Gasteiger partial charge on any atom is -0.387 e. The van der Waals surface area contributed by atoms with Crippen LogP contribution in [-0.2, 0) is 0 Å². The molecule has 1 atom stereocenters. The molecule has 0 fully saturated rings. The lowest BCUT2D eigenvalue weighted by atomic mass is 10.2. The van der Waals surface area contributed by atoms with E-state index in [1.165, 1.54) is 11.3 Å². The van der Waals surface area contributed by atoms with Gasteiger partial charge in [-0.15, -0.1) is 0 Å². The second-order valence-electron chi connectivity index (χ2n) is 3.76. The van der Waals surface area contributed by atoms with Crippen molar-refractivity contribution in [1.29, 1.82) is 0 Å². The Hall–Kier alpha value is -1.17. The zero-order valence-corrected chi connectivity index (χ0v) is 11.9. The topological polar surface area (TPSA) is 49.3 Å². The fourth-order valence-corrected chi connectivity index (χ4v) is 2.68. The van der Waals surface area contributed by atoms with Gasteiger partial charge in [0.25, 0.3) is 5.91 Å². The summed E-state index contributed by atoms with van der Waals surface area (Å²) in [6.45, 7) is 0.205. The highest BCUT2D eigenvalue weighted by Gasteiger charge is 2.12. The SMILES string of the molecule is O=C(NCC(O)c1ccsc1)c1ccccc1Br. The lowest BCUT2D eigenvalue weighted by Gasteiger charge is -2.11. The molecule has 0 bridgehead atoms. The Labute approximate surface area is 118 Å². The van der Waals surface area contributed by atoms with Crippen LogP contribution in [0.2, 0.25) is 0 Å². The van der Waals surface area contributed by atoms with Crippen molar-refractivity contribution in [2.45, 2.75) is 6.10 Å². The van der Waals surface area contributed by atoms with Crippen LogP contribution in [0.4, 0.5) is 0 Å². The normalized spacial score (nSPS) is 12.1. The van der Waals surface area contributed by atoms with Gasteiger partial charge < -0.3 is 10.4 Å². The number of aliphatic hydroxyl groups excluding tert-OH is 1. The van der Waals surface area contributed by atoms with Crippen LogP contribution < -0.4 is 5.32 Å². The molecule has 0 radical (unpaired) electrons. The summed E-state index contributed by atoms with van der Waals surface area (Å²) in [6.07, 6.45) is -0.664. The molecule has 1 aromatic carbocycles. The Kier molecular flexibility index (Phi) is 4.52. The average Bonchev–Trinajstić information content (AvgIpc) is 2.90. The van der Waals surface area contributed by atoms with E-state index in [2.05, 4.69) is 21.2 Å². The summed E-state index contributed by atoms with van der Waals surface area (Å²) in [5, 5.41) is 16.3. The van der Waals surface area contributed by atoms with E-state index in [-0.39, 0.29) is 12.5 Å². The molecule has 5 heteroatoms. The number of nitrogens with one attached hydrogen (secondary N) is 1. The number of hydrogen-bond acceptors (Lipinski definition) is 3. The first-order valence-electron chi connectivity index (χ1n) is 5.41. The number of carbonyl (C=O) groups is 1. The molecule has 0 aliphatic heterocycles. The largest absolute Gasteiger partial charge is 0.387 e. The van der Waals surface area contributed by atoms with Gasteiger partial charge in [0.05, 0.1) is 11.7 Å². The molecule has 1 unspecified atom stereocenters. The highest BCUT2D eigenvalue weighted by Crippen LogP contribution is 2.17. The Morgan fingerprint density at radius 3 is 2.83 bits per heavy atom. The molecule has 3 nitrogen and oxygen atoms in total. The maximum absolute atomic E-state index is 11.9. The lowest BCUT2D eigenvalue weighted by Crippen LogP contribution is -2.28. The predicted molar refractivity (Wildman–Crippen MR) is 75.8 cm³/mol. The van der Waals surface area contributed by atoms with E-state index in [4.69, 9.17) is 0 Å². The van der Waals surface area contributed by atoms with Gasteiger partial charge in [-0.3, -0.25) is 4.79 Å². The molecule has 0 saturated carbocycles. The number of aliphatic hydroxyl groups is 1. The van der Waals surface area contributed by atoms with E-state index in [1.54, 1.807) is 12.1 Å². The molecular weight excluding hydrogens is 314 g/mol. The predicted octanol–water partition coefficient (Wildman–Crippen LogP) is 2.97. The molecule has 2 rings (SSSR count). The number of hydrogen-bond donors (Lipinski definition) is 2. The van der Waals surface area contributed by atoms with Gasteiger partial charge in [-0.05, 0) is 50.5 Å². The van der Waals surface area contributed by atoms with Crippen LogP contribution >= 0.6 is 27.3 Å². The quantitative estimate of drug-likeness (QED) is 0.907. The van der Waals surface area contributed by atoms with Crippen molar-refractivity contribution >= 4 is 33.2 Å². The standard InChI is InChI=1S/C13H12BrNO2S/c14-11-4-2-1-3-10(11)13(17)15-7-12(16)9-5-6-18-8-9/h1-6,8,12,16H,7H2,(H,15,17). The van der Waals surface area contributed by atoms with Crippen LogP contribution in [0.15, 0.2) is 45.6 Å². The second kappa shape index (κ2) is 6.13. The first-order chi connectivity index (χ1) is 8.68. The Morgan fingerprint density at radius 2 is 2.17 bits per heavy atom. The zero-order valence-electron chi connectivity index (χ0n) is 9.47. The number of halogens is 1. The zero-order chi connectivity index (χ0) is 13.0. The maximum Gasteiger partial charge on any atom is 0.252 e. The number of rotatable bonds is 4. The third-order valence-electron chi connectivity index (χ3n) is 2.50. The fourth-order valence-electron chi connectivity index (χ4n) is 1.51. The van der Waals surface area contributed by atoms with E-state index < -0.39 is 6.10 Å². The molecule has 1 aromatic heterocycles. The van der Waals surface area contributed by atoms with Crippen molar-refractivity contribution in [3.63, 3.8) is 0 Å². The van der Waals surface area contributed by atoms with Gasteiger partial charge in [0.15, 0.2) is 0 Å². The number of benzene rings is 1. The highest BCUT2D eigenvalue weighted by molar-refractivity contribution is 9.10. The third kappa shape index (κ3) is 3.19. The summed E-state index contributed by atoms with van der Waals surface area (Å²) < 4.78 is 0.743. The molecule has 1 heterocycles. The monoisotopic (exact) mass is 325 g/mol. The molecule has 1 amide bonds. The Balaban J connectivity index is 1.95. The summed E-state index contributed by atoms with van der Waals surface area (Å²) in [5.41, 5.74) is 1.39. The van der Waals surface area contributed by atoms with Gasteiger partial charge in [0.2, 0.25) is 0 Å². The second-order valence-corrected chi connectivity index (χ2v) is 5.40. The minimum atomic E-state index is -0.664. The highest BCUT2D eigenvalue weighted by atomic mass is 79.9. The molecule has 0 aliphatic rings. The van der Waals surface area contributed by atoms with Crippen LogP contribution in [0, 0.1) is 0 Å². The summed E-state index contributed by atoms with van der Waals surface area (Å²) in [5.74, 6) is -0.197. The maximum atomic E-state index is 11.9. The molecule has 0 spiro atoms. The third-order valence-corrected chi connectivity index (χ3v) is 3.90. The van der Waals surface area contributed by atoms with E-state index in [9.17, 15) is 9.90 Å². The molecule has 18 heavy (non-hydrogen) atoms. The van der Waals surface area contributed by atoms with Gasteiger partial charge in [-0.2, -0.15) is 11.3 Å². The molecule has 0 aliphatic carbocycles. The number of carbonyl (C=O) groups excluding carboxylic acids is 1. The van der Waals surface area contributed by atoms with Gasteiger partial charge in [0, 0.05) is 11.0 Å². The van der Waals surface area contributed by atoms with Crippen LogP contribution in [0.5, 0.6) is 0 Å². The van der Waals surface area contributed by atoms with Crippen molar-refractivity contribution in [2.24, 2.45) is 0 Å². The Morgan fingerprint density at radius 1 is 1.39 bits per heavy atom. The van der Waals surface area contributed by atoms with Crippen molar-refractivity contribution in [2.75, 3.05) is 6.54 Å². The smallest absolute Gasteiger partial charge is 0.252 e. The minimum absolute atomic E-state index is 0.197. The summed E-state index contributed by atoms with van der Waals surface area (Å²) in [7, 11) is 0. The van der Waals surface area contributed by atoms with Gasteiger partial charge >= 0.3 is 0 Å². The van der Waals surface area contributed by atoms with E-state index >= 15 is 0 Å². The fraction of sp³-hybridized carbons (Fsp3) is 0.154. The van der Waals surface area contributed by atoms with Gasteiger partial charge in [-0.1, -0.05) is 12.1 Å². The number of thiophene rings is 1. The average molecular weight is 326 g/mol. The molecule has 94 valence electrons. The van der Waals surface area contributed by atoms with E-state index in [0.29, 0.717) is 5.56 Å². The van der Waals surface area contributed by atoms with Crippen LogP contribution in [0.25, 0.3) is 0 Å². The van der Waals surface area contributed by atoms with Crippen LogP contribution in [-0.4, -0.2) is 17.6 Å². The first-order valence-corrected chi connectivity index (χ1v) is 7.15. The van der Waals surface area contributed by atoms with Crippen LogP contribution in [0.3, 0.4) is 0 Å². The van der Waals surface area contributed by atoms with Crippen molar-refractivity contribution in [3.8, 4) is 0 Å². The molecule has 0 saturated heterocycles. The Bertz CT molecular complexity index is 528. The van der Waals surface area contributed by atoms with Crippen molar-refractivity contribution in [1.82, 2.24) is 5.32 Å². The van der Waals surface area contributed by atoms with E-state index in [1.807, 2.05) is 29.0 Å². The van der Waals surface area contributed by atoms with Crippen molar-refractivity contribution in [3.05, 3.63) is 56.7 Å². The molecule has 2 N–H and O–H groups in total. The van der Waals surface area contributed by atoms with Gasteiger partial charge in [0.1, 0.15) is 0 Å². The van der Waals surface area contributed by atoms with Crippen LogP contribution in [0.1, 0.15) is 22.0 Å². The van der Waals surface area contributed by atoms with Gasteiger partial charge in [-0.25, -0.2) is 0 Å². The summed E-state index contributed by atoms with van der Waals surface area (Å²) in [6, 6.07) is 9.04. The summed E-state index contributed by atoms with van der Waals surface area (Å²) in [4.78, 5) is 11.9. The first kappa shape index (κ1) is 13.3. The van der Waals surface area contributed by atoms with Crippen molar-refractivity contribution < 1.29 is 9.90 Å². The molecular formula is C13H12BrNO2S.